The summed E-state index contributed by atoms with van der Waals surface area (Å²) in [7, 11) is 0. The number of nitrogens with one attached hydrogen (secondary N) is 6. The highest BCUT2D eigenvalue weighted by atomic mass is 32.1. The first kappa shape index (κ1) is 33.6. The number of carbonyl (C=O) groups is 7. The molecule has 210 valence electrons. The van der Waals surface area contributed by atoms with Crippen LogP contribution >= 0.6 is 12.6 Å². The van der Waals surface area contributed by atoms with E-state index in [1.54, 1.807) is 0 Å². The zero-order valence-electron chi connectivity index (χ0n) is 21.6. The summed E-state index contributed by atoms with van der Waals surface area (Å²) in [5, 5.41) is 23.0. The van der Waals surface area contributed by atoms with Gasteiger partial charge in [0.15, 0.2) is 0 Å². The smallest absolute Gasteiger partial charge is 0.325 e. The van der Waals surface area contributed by atoms with Crippen LogP contribution in [0.1, 0.15) is 41.5 Å². The van der Waals surface area contributed by atoms with Crippen molar-refractivity contribution in [1.82, 2.24) is 31.9 Å². The topological polar surface area (TPSA) is 238 Å². The molecule has 16 heteroatoms. The van der Waals surface area contributed by atoms with E-state index >= 15 is 0 Å². The summed E-state index contributed by atoms with van der Waals surface area (Å²) in [5.41, 5.74) is 5.53. The van der Waals surface area contributed by atoms with E-state index < -0.39 is 83.7 Å². The summed E-state index contributed by atoms with van der Waals surface area (Å²) in [5.74, 6) is -5.25. The molecule has 0 saturated carbocycles. The van der Waals surface area contributed by atoms with Crippen molar-refractivity contribution in [2.45, 2.75) is 83.8 Å². The van der Waals surface area contributed by atoms with Gasteiger partial charge in [-0.1, -0.05) is 0 Å². The molecule has 7 atom stereocenters. The molecule has 0 bridgehead atoms. The number of amides is 6. The summed E-state index contributed by atoms with van der Waals surface area (Å²) in [6.45, 7) is 8.10. The first-order valence-corrected chi connectivity index (χ1v) is 12.1. The van der Waals surface area contributed by atoms with Gasteiger partial charge in [-0.25, -0.2) is 0 Å². The fourth-order valence-corrected chi connectivity index (χ4v) is 2.65. The van der Waals surface area contributed by atoms with Gasteiger partial charge in [-0.2, -0.15) is 12.6 Å². The van der Waals surface area contributed by atoms with Crippen molar-refractivity contribution < 1.29 is 38.7 Å². The third-order valence-corrected chi connectivity index (χ3v) is 5.42. The fourth-order valence-electron chi connectivity index (χ4n) is 2.48. The summed E-state index contributed by atoms with van der Waals surface area (Å²) >= 11 is 3.90. The van der Waals surface area contributed by atoms with Crippen LogP contribution in [-0.4, -0.2) is 94.6 Å². The number of hydrogen-bond acceptors (Lipinski definition) is 9. The van der Waals surface area contributed by atoms with Gasteiger partial charge in [0, 0.05) is 5.75 Å². The molecule has 0 spiro atoms. The highest BCUT2D eigenvalue weighted by Crippen LogP contribution is 1.94. The standard InChI is InChI=1S/C21H37N7O8S/c1-8(23-16(30)10(3)25-18(32)12(5)27-20(34)14(22)7-37)15(29)24-9(2)17(31)26-11(4)19(33)28-13(6)21(35)36/h8-14,37H,7,22H2,1-6H3,(H,23,30)(H,24,29)(H,25,32)(H,26,31)(H,27,34)(H,28,33)(H,35,36)/t8-,9-,10-,11-,12-,13-,14-/m0/s1. The summed E-state index contributed by atoms with van der Waals surface area (Å²) in [4.78, 5) is 83.8. The van der Waals surface area contributed by atoms with E-state index in [-0.39, 0.29) is 5.75 Å². The van der Waals surface area contributed by atoms with Crippen LogP contribution in [0.25, 0.3) is 0 Å². The first-order chi connectivity index (χ1) is 17.0. The van der Waals surface area contributed by atoms with Crippen molar-refractivity contribution in [3.63, 3.8) is 0 Å². The molecule has 15 nitrogen and oxygen atoms in total. The summed E-state index contributed by atoms with van der Waals surface area (Å²) in [6, 6.07) is -7.35. The molecule has 0 aromatic rings. The Kier molecular flexibility index (Phi) is 14.2. The van der Waals surface area contributed by atoms with Crippen molar-refractivity contribution in [2.24, 2.45) is 5.73 Å². The molecule has 0 aliphatic heterocycles. The molecule has 0 rings (SSSR count). The molecule has 37 heavy (non-hydrogen) atoms. The zero-order valence-corrected chi connectivity index (χ0v) is 22.5. The lowest BCUT2D eigenvalue weighted by molar-refractivity contribution is -0.141. The Hall–Kier alpha value is -3.40. The summed E-state index contributed by atoms with van der Waals surface area (Å²) in [6.07, 6.45) is 0. The van der Waals surface area contributed by atoms with E-state index in [0.717, 1.165) is 0 Å². The largest absolute Gasteiger partial charge is 0.480 e. The quantitative estimate of drug-likeness (QED) is 0.0973. The highest BCUT2D eigenvalue weighted by molar-refractivity contribution is 7.80. The maximum absolute atomic E-state index is 12.4. The van der Waals surface area contributed by atoms with Gasteiger partial charge >= 0.3 is 5.97 Å². The Morgan fingerprint density at radius 2 is 0.757 bits per heavy atom. The second-order valence-corrected chi connectivity index (χ2v) is 8.87. The molecule has 6 amide bonds. The van der Waals surface area contributed by atoms with Crippen molar-refractivity contribution >= 4 is 54.0 Å². The van der Waals surface area contributed by atoms with Gasteiger partial charge in [0.1, 0.15) is 36.3 Å². The molecule has 0 aliphatic carbocycles. The molecular weight excluding hydrogens is 510 g/mol. The molecule has 0 saturated heterocycles. The molecule has 0 radical (unpaired) electrons. The van der Waals surface area contributed by atoms with Gasteiger partial charge in [0.25, 0.3) is 0 Å². The van der Waals surface area contributed by atoms with Crippen LogP contribution in [0.15, 0.2) is 0 Å². The van der Waals surface area contributed by atoms with Gasteiger partial charge in [-0.05, 0) is 41.5 Å². The fraction of sp³-hybridized carbons (Fsp3) is 0.667. The minimum absolute atomic E-state index is 0.0830. The maximum Gasteiger partial charge on any atom is 0.325 e. The Morgan fingerprint density at radius 3 is 0.973 bits per heavy atom. The SMILES string of the molecule is C[C@H](NC(=O)[C@H](C)NC(=O)[C@H](C)NC(=O)[C@H](C)NC(=O)[C@H](C)NC(=O)[C@H](C)NC(=O)[C@@H](N)CS)C(=O)O. The van der Waals surface area contributed by atoms with Crippen LogP contribution < -0.4 is 37.6 Å². The number of aliphatic carboxylic acids is 1. The van der Waals surface area contributed by atoms with Gasteiger partial charge in [0.05, 0.1) is 6.04 Å². The van der Waals surface area contributed by atoms with E-state index in [9.17, 15) is 33.6 Å². The van der Waals surface area contributed by atoms with Crippen molar-refractivity contribution in [1.29, 1.82) is 0 Å². The number of thiol groups is 1. The Bertz CT molecular complexity index is 887. The lowest BCUT2D eigenvalue weighted by atomic mass is 10.2. The zero-order chi connectivity index (χ0) is 29.0. The molecule has 0 unspecified atom stereocenters. The van der Waals surface area contributed by atoms with Crippen LogP contribution in [0.3, 0.4) is 0 Å². The van der Waals surface area contributed by atoms with Gasteiger partial charge in [-0.15, -0.1) is 0 Å². The van der Waals surface area contributed by atoms with Crippen molar-refractivity contribution in [2.75, 3.05) is 5.75 Å². The van der Waals surface area contributed by atoms with Crippen LogP contribution in [-0.2, 0) is 33.6 Å². The first-order valence-electron chi connectivity index (χ1n) is 11.4. The number of nitrogens with two attached hydrogens (primary N) is 1. The van der Waals surface area contributed by atoms with Crippen LogP contribution in [0, 0.1) is 0 Å². The minimum atomic E-state index is -1.24. The average molecular weight is 548 g/mol. The highest BCUT2D eigenvalue weighted by Gasteiger charge is 2.27. The number of carbonyl (C=O) groups excluding carboxylic acids is 6. The maximum atomic E-state index is 12.4. The molecule has 0 aromatic heterocycles. The van der Waals surface area contributed by atoms with Crippen LogP contribution in [0.4, 0.5) is 0 Å². The minimum Gasteiger partial charge on any atom is -0.480 e. The molecule has 0 aromatic carbocycles. The number of rotatable bonds is 14. The normalized spacial score (nSPS) is 16.3. The van der Waals surface area contributed by atoms with E-state index in [1.807, 2.05) is 0 Å². The molecule has 9 N–H and O–H groups in total. The Morgan fingerprint density at radius 1 is 0.541 bits per heavy atom. The second kappa shape index (κ2) is 15.7. The van der Waals surface area contributed by atoms with Gasteiger partial charge < -0.3 is 42.7 Å². The van der Waals surface area contributed by atoms with Crippen molar-refractivity contribution in [3.8, 4) is 0 Å². The molecular formula is C21H37N7O8S. The summed E-state index contributed by atoms with van der Waals surface area (Å²) < 4.78 is 0. The van der Waals surface area contributed by atoms with Crippen LogP contribution in [0.2, 0.25) is 0 Å². The number of carboxylic acids is 1. The number of carboxylic acid groups (broad SMARTS) is 1. The molecule has 0 heterocycles. The lowest BCUT2D eigenvalue weighted by Gasteiger charge is -2.22. The van der Waals surface area contributed by atoms with Gasteiger partial charge in [0.2, 0.25) is 35.4 Å². The predicted octanol–water partition coefficient (Wildman–Crippen LogP) is -3.64. The predicted molar refractivity (Wildman–Crippen MR) is 135 cm³/mol. The lowest BCUT2D eigenvalue weighted by Crippen LogP contribution is -2.57. The van der Waals surface area contributed by atoms with Gasteiger partial charge in [-0.3, -0.25) is 33.6 Å². The van der Waals surface area contributed by atoms with Crippen LogP contribution in [0.5, 0.6) is 0 Å². The average Bonchev–Trinajstić information content (AvgIpc) is 2.82. The Labute approximate surface area is 220 Å². The third-order valence-electron chi connectivity index (χ3n) is 5.02. The Balaban J connectivity index is 4.72. The van der Waals surface area contributed by atoms with E-state index in [4.69, 9.17) is 10.8 Å². The van der Waals surface area contributed by atoms with Crippen molar-refractivity contribution in [3.05, 3.63) is 0 Å². The monoisotopic (exact) mass is 547 g/mol. The van der Waals surface area contributed by atoms with E-state index in [2.05, 4.69) is 44.5 Å². The van der Waals surface area contributed by atoms with E-state index in [1.165, 1.54) is 41.5 Å². The van der Waals surface area contributed by atoms with E-state index in [0.29, 0.717) is 0 Å². The molecule has 0 fully saturated rings. The number of hydrogen-bond donors (Lipinski definition) is 9. The second-order valence-electron chi connectivity index (χ2n) is 8.51. The molecule has 0 aliphatic rings. The third kappa shape index (κ3) is 11.9.